The molecule has 0 unspecified atom stereocenters. The Morgan fingerprint density at radius 1 is 1.05 bits per heavy atom. The lowest BCUT2D eigenvalue weighted by Gasteiger charge is -2.22. The van der Waals surface area contributed by atoms with Gasteiger partial charge in [-0.25, -0.2) is 18.2 Å². The topological polar surface area (TPSA) is 153 Å². The number of anilines is 3. The maximum atomic E-state index is 13.8. The van der Waals surface area contributed by atoms with E-state index >= 15 is 0 Å². The van der Waals surface area contributed by atoms with Gasteiger partial charge in [0.1, 0.15) is 11.9 Å². The van der Waals surface area contributed by atoms with E-state index in [1.165, 1.54) is 18.2 Å². The Balaban J connectivity index is 1.54. The van der Waals surface area contributed by atoms with Crippen LogP contribution in [0.1, 0.15) is 35.2 Å². The summed E-state index contributed by atoms with van der Waals surface area (Å²) in [6, 6.07) is 16.8. The molecule has 3 aromatic carbocycles. The number of aromatic nitrogens is 1. The second-order valence-electron chi connectivity index (χ2n) is 9.85. The molecule has 41 heavy (non-hydrogen) atoms. The molecule has 4 aromatic rings. The minimum absolute atomic E-state index is 0.0763. The number of ether oxygens (including phenoxy) is 1. The first kappa shape index (κ1) is 27.9. The van der Waals surface area contributed by atoms with Gasteiger partial charge in [-0.1, -0.05) is 25.1 Å². The summed E-state index contributed by atoms with van der Waals surface area (Å²) in [6.07, 6.45) is 1.47. The first-order valence-corrected chi connectivity index (χ1v) is 14.9. The van der Waals surface area contributed by atoms with Crippen molar-refractivity contribution in [1.29, 1.82) is 0 Å². The highest BCUT2D eigenvalue weighted by molar-refractivity contribution is 7.91. The van der Waals surface area contributed by atoms with E-state index in [1.54, 1.807) is 13.1 Å². The largest absolute Gasteiger partial charge is 0.449 e. The maximum Gasteiger partial charge on any atom is 0.411 e. The highest BCUT2D eigenvalue weighted by Crippen LogP contribution is 2.28. The number of fused-ring (bicyclic) bond motifs is 10. The van der Waals surface area contributed by atoms with Crippen molar-refractivity contribution in [2.75, 3.05) is 28.7 Å². The zero-order chi connectivity index (χ0) is 29.1. The van der Waals surface area contributed by atoms with Crippen LogP contribution in [-0.2, 0) is 32.3 Å². The lowest BCUT2D eigenvalue weighted by molar-refractivity contribution is -0.122. The van der Waals surface area contributed by atoms with Crippen LogP contribution in [0.2, 0.25) is 0 Å². The average Bonchev–Trinajstić information content (AvgIpc) is 2.95. The third-order valence-electron chi connectivity index (χ3n) is 7.15. The number of nitrogens with zero attached hydrogens (tertiary/aromatic N) is 1. The molecule has 212 valence electrons. The molecule has 5 N–H and O–H groups in total. The minimum atomic E-state index is -3.60. The normalized spacial score (nSPS) is 16.1. The van der Waals surface area contributed by atoms with Crippen LogP contribution < -0.4 is 21.7 Å². The molecule has 0 spiro atoms. The number of sulfone groups is 1. The fourth-order valence-corrected chi connectivity index (χ4v) is 6.00. The van der Waals surface area contributed by atoms with Gasteiger partial charge in [-0.15, -0.1) is 0 Å². The van der Waals surface area contributed by atoms with Gasteiger partial charge in [0.05, 0.1) is 17.3 Å². The van der Waals surface area contributed by atoms with Crippen molar-refractivity contribution in [3.8, 4) is 0 Å². The number of nitrogen functional groups attached to an aromatic ring is 1. The standard InChI is InChI=1S/C30H31N5O5S/c1-3-41(38,39)26-9-7-24-16-22(26)17-33-29(36)27(34-23-6-8-25-20(15-23)10-12-32-28(25)31)21-5-4-19(18(2)14-21)11-13-40-30(37)35-24/h4-10,12,14-16,27,34H,3,11,13,17H2,1-2H3,(H2,31,32)(H,33,36)(H,35,37)/t27-/m1/s1. The molecule has 2 aliphatic rings. The lowest BCUT2D eigenvalue weighted by Crippen LogP contribution is -2.33. The molecule has 6 rings (SSSR count). The first-order chi connectivity index (χ1) is 19.6. The number of hydrogen-bond donors (Lipinski definition) is 4. The number of carbonyl (C=O) groups is 2. The van der Waals surface area contributed by atoms with Crippen LogP contribution >= 0.6 is 0 Å². The predicted octanol–water partition coefficient (Wildman–Crippen LogP) is 4.49. The van der Waals surface area contributed by atoms with Crippen molar-refractivity contribution >= 4 is 49.8 Å². The summed E-state index contributed by atoms with van der Waals surface area (Å²) < 4.78 is 31.0. The molecule has 1 atom stereocenters. The van der Waals surface area contributed by atoms with Gasteiger partial charge in [0.15, 0.2) is 9.84 Å². The van der Waals surface area contributed by atoms with Crippen LogP contribution in [0.25, 0.3) is 10.8 Å². The van der Waals surface area contributed by atoms with E-state index in [0.717, 1.165) is 27.5 Å². The maximum absolute atomic E-state index is 13.8. The van der Waals surface area contributed by atoms with Gasteiger partial charge in [0.2, 0.25) is 5.91 Å². The van der Waals surface area contributed by atoms with Crippen LogP contribution in [0.5, 0.6) is 0 Å². The fraction of sp³-hybridized carbons (Fsp3) is 0.233. The summed E-state index contributed by atoms with van der Waals surface area (Å²) in [6.45, 7) is 3.57. The molecule has 10 nitrogen and oxygen atoms in total. The third kappa shape index (κ3) is 6.09. The van der Waals surface area contributed by atoms with E-state index in [-0.39, 0.29) is 29.7 Å². The Morgan fingerprint density at radius 2 is 1.88 bits per heavy atom. The summed E-state index contributed by atoms with van der Waals surface area (Å²) in [5, 5.41) is 10.6. The molecule has 0 radical (unpaired) electrons. The lowest BCUT2D eigenvalue weighted by atomic mass is 9.97. The number of aryl methyl sites for hydroxylation is 1. The molecular formula is C30H31N5O5S. The zero-order valence-electron chi connectivity index (χ0n) is 22.7. The Kier molecular flexibility index (Phi) is 7.80. The smallest absolute Gasteiger partial charge is 0.411 e. The summed E-state index contributed by atoms with van der Waals surface area (Å²) in [5.74, 6) is -0.0419. The van der Waals surface area contributed by atoms with Gasteiger partial charge in [-0.3, -0.25) is 10.1 Å². The van der Waals surface area contributed by atoms with Crippen molar-refractivity contribution < 1.29 is 22.7 Å². The zero-order valence-corrected chi connectivity index (χ0v) is 23.5. The molecule has 11 heteroatoms. The summed E-state index contributed by atoms with van der Waals surface area (Å²) in [5.41, 5.74) is 10.1. The highest BCUT2D eigenvalue weighted by Gasteiger charge is 2.24. The molecule has 0 saturated carbocycles. The predicted molar refractivity (Wildman–Crippen MR) is 158 cm³/mol. The van der Waals surface area contributed by atoms with Crippen molar-refractivity contribution in [2.45, 2.75) is 37.8 Å². The number of carbonyl (C=O) groups excluding carboxylic acids is 2. The Hall–Kier alpha value is -4.64. The summed E-state index contributed by atoms with van der Waals surface area (Å²) in [4.78, 5) is 30.4. The van der Waals surface area contributed by atoms with Crippen LogP contribution in [0.4, 0.5) is 22.0 Å². The van der Waals surface area contributed by atoms with E-state index in [9.17, 15) is 18.0 Å². The molecule has 0 aliphatic carbocycles. The van der Waals surface area contributed by atoms with E-state index in [0.29, 0.717) is 29.2 Å². The van der Waals surface area contributed by atoms with Crippen molar-refractivity contribution in [3.63, 3.8) is 0 Å². The molecule has 2 aliphatic heterocycles. The van der Waals surface area contributed by atoms with Gasteiger partial charge in [-0.2, -0.15) is 0 Å². The van der Waals surface area contributed by atoms with E-state index in [2.05, 4.69) is 20.9 Å². The van der Waals surface area contributed by atoms with E-state index in [4.69, 9.17) is 10.5 Å². The van der Waals surface area contributed by atoms with Crippen LogP contribution in [0, 0.1) is 6.92 Å². The minimum Gasteiger partial charge on any atom is -0.449 e. The van der Waals surface area contributed by atoms with Crippen LogP contribution in [-0.4, -0.2) is 37.8 Å². The molecule has 0 fully saturated rings. The van der Waals surface area contributed by atoms with Gasteiger partial charge in [0, 0.05) is 35.9 Å². The van der Waals surface area contributed by atoms with Crippen molar-refractivity contribution in [2.24, 2.45) is 0 Å². The molecule has 0 saturated heterocycles. The van der Waals surface area contributed by atoms with Gasteiger partial charge in [-0.05, 0) is 77.0 Å². The molecule has 1 aromatic heterocycles. The Labute approximate surface area is 238 Å². The molecule has 3 heterocycles. The molecule has 2 amide bonds. The number of amides is 2. The quantitative estimate of drug-likeness (QED) is 0.279. The van der Waals surface area contributed by atoms with Gasteiger partial charge < -0.3 is 21.1 Å². The number of nitrogens with two attached hydrogens (primary N) is 1. The van der Waals surface area contributed by atoms with Crippen LogP contribution in [0.3, 0.4) is 0 Å². The summed E-state index contributed by atoms with van der Waals surface area (Å²) >= 11 is 0. The van der Waals surface area contributed by atoms with Crippen LogP contribution in [0.15, 0.2) is 71.8 Å². The Bertz CT molecular complexity index is 1760. The number of benzene rings is 3. The summed E-state index contributed by atoms with van der Waals surface area (Å²) in [7, 11) is -3.60. The monoisotopic (exact) mass is 573 g/mol. The van der Waals surface area contributed by atoms with Gasteiger partial charge in [0.25, 0.3) is 0 Å². The molecule has 4 bridgehead atoms. The van der Waals surface area contributed by atoms with E-state index < -0.39 is 22.0 Å². The average molecular weight is 574 g/mol. The van der Waals surface area contributed by atoms with Crippen molar-refractivity contribution in [3.05, 3.63) is 89.1 Å². The Morgan fingerprint density at radius 3 is 2.66 bits per heavy atom. The third-order valence-corrected chi connectivity index (χ3v) is 8.98. The van der Waals surface area contributed by atoms with Crippen molar-refractivity contribution in [1.82, 2.24) is 10.3 Å². The van der Waals surface area contributed by atoms with Gasteiger partial charge >= 0.3 is 6.09 Å². The number of nitrogens with one attached hydrogen (secondary N) is 3. The second kappa shape index (κ2) is 11.5. The first-order valence-electron chi connectivity index (χ1n) is 13.2. The molecular weight excluding hydrogens is 542 g/mol. The number of hydrogen-bond acceptors (Lipinski definition) is 8. The SMILES string of the molecule is CCS(=O)(=O)c1ccc2cc1CNC(=O)[C@H](Nc1ccc3c(N)nccc3c1)c1ccc(c(C)c1)CCOC(=O)N2. The highest BCUT2D eigenvalue weighted by atomic mass is 32.2. The fourth-order valence-electron chi connectivity index (χ4n) is 4.88. The number of rotatable bonds is 4. The second-order valence-corrected chi connectivity index (χ2v) is 12.1. The van der Waals surface area contributed by atoms with E-state index in [1.807, 2.05) is 49.4 Å². The number of pyridine rings is 1.